The zero-order chi connectivity index (χ0) is 26.3. The lowest BCUT2D eigenvalue weighted by Gasteiger charge is -2.17. The summed E-state index contributed by atoms with van der Waals surface area (Å²) in [6.07, 6.45) is 4.12. The Bertz CT molecular complexity index is 1320. The number of pyridine rings is 1. The van der Waals surface area contributed by atoms with E-state index in [2.05, 4.69) is 20.7 Å². The number of halogens is 2. The van der Waals surface area contributed by atoms with E-state index >= 15 is 0 Å². The summed E-state index contributed by atoms with van der Waals surface area (Å²) < 4.78 is 56.1. The molecule has 9 nitrogen and oxygen atoms in total. The number of ether oxygens (including phenoxy) is 1. The molecule has 0 atom stereocenters. The number of nitrogens with one attached hydrogen (secondary N) is 3. The molecule has 0 saturated heterocycles. The molecule has 4 rings (SSSR count). The highest BCUT2D eigenvalue weighted by Gasteiger charge is 2.30. The van der Waals surface area contributed by atoms with Gasteiger partial charge in [0.25, 0.3) is 11.8 Å². The Labute approximate surface area is 192 Å². The predicted molar refractivity (Wildman–Crippen MR) is 119 cm³/mol. The summed E-state index contributed by atoms with van der Waals surface area (Å²) in [5.41, 5.74) is 0.585. The molecule has 11 heteroatoms. The molecular weight excluding hydrogens is 434 g/mol. The van der Waals surface area contributed by atoms with Crippen LogP contribution in [0.4, 0.5) is 26.0 Å². The van der Waals surface area contributed by atoms with E-state index < -0.39 is 25.4 Å². The fourth-order valence-electron chi connectivity index (χ4n) is 3.43. The molecule has 1 aliphatic rings. The Kier molecular flexibility index (Phi) is 4.92. The van der Waals surface area contributed by atoms with Gasteiger partial charge >= 0.3 is 0 Å². The monoisotopic (exact) mass is 461 g/mol. The quantitative estimate of drug-likeness (QED) is 0.473. The van der Waals surface area contributed by atoms with Gasteiger partial charge in [-0.3, -0.25) is 14.3 Å². The number of methoxy groups -OCH3 is 1. The second kappa shape index (κ2) is 8.64. The van der Waals surface area contributed by atoms with E-state index in [0.717, 1.165) is 30.6 Å². The minimum absolute atomic E-state index is 0.0961. The number of rotatable bonds is 8. The van der Waals surface area contributed by atoms with E-state index in [9.17, 15) is 18.4 Å². The number of fused-ring (bicyclic) bond motifs is 1. The highest BCUT2D eigenvalue weighted by atomic mass is 19.3. The molecule has 3 aromatic rings. The minimum Gasteiger partial charge on any atom is -0.492 e. The van der Waals surface area contributed by atoms with Crippen LogP contribution < -0.4 is 20.7 Å². The maximum Gasteiger partial charge on any atom is 0.264 e. The van der Waals surface area contributed by atoms with Gasteiger partial charge in [0.1, 0.15) is 17.9 Å². The topological polar surface area (TPSA) is 110 Å². The van der Waals surface area contributed by atoms with E-state index in [1.54, 1.807) is 12.1 Å². The van der Waals surface area contributed by atoms with Crippen LogP contribution in [0.2, 0.25) is 0 Å². The average Bonchev–Trinajstić information content (AvgIpc) is 3.54. The molecule has 0 unspecified atom stereocenters. The Morgan fingerprint density at radius 3 is 2.76 bits per heavy atom. The van der Waals surface area contributed by atoms with Gasteiger partial charge in [0, 0.05) is 41.6 Å². The Morgan fingerprint density at radius 2 is 2.09 bits per heavy atom. The highest BCUT2D eigenvalue weighted by molar-refractivity contribution is 6.02. The molecule has 2 heterocycles. The summed E-state index contributed by atoms with van der Waals surface area (Å²) in [5, 5.41) is 12.2. The summed E-state index contributed by atoms with van der Waals surface area (Å²) in [7, 11) is 1.36. The van der Waals surface area contributed by atoms with Crippen LogP contribution in [0.1, 0.15) is 34.2 Å². The first-order valence-electron chi connectivity index (χ1n) is 11.7. The van der Waals surface area contributed by atoms with Gasteiger partial charge in [-0.25, -0.2) is 13.8 Å². The fraction of sp³-hybridized carbons (Fsp3) is 0.364. The number of amides is 2. The first-order valence-corrected chi connectivity index (χ1v) is 10.2. The molecule has 0 radical (unpaired) electrons. The summed E-state index contributed by atoms with van der Waals surface area (Å²) in [6, 6.07) is 4.62. The van der Waals surface area contributed by atoms with Crippen molar-refractivity contribution in [1.82, 2.24) is 20.1 Å². The normalized spacial score (nSPS) is 15.3. The van der Waals surface area contributed by atoms with Gasteiger partial charge < -0.3 is 20.7 Å². The van der Waals surface area contributed by atoms with Gasteiger partial charge in [-0.05, 0) is 25.0 Å². The third-order valence-electron chi connectivity index (χ3n) is 5.12. The molecule has 0 spiro atoms. The Hall–Kier alpha value is -3.76. The number of nitrogens with zero attached hydrogens (tertiary/aromatic N) is 3. The lowest BCUT2D eigenvalue weighted by atomic mass is 10.1. The van der Waals surface area contributed by atoms with Crippen LogP contribution in [0, 0.1) is 5.92 Å². The first kappa shape index (κ1) is 18.8. The van der Waals surface area contributed by atoms with E-state index in [-0.39, 0.29) is 34.6 Å². The SMILES string of the molecule is [2H]C([2H])([2H])NC(=O)c1cnc(NC(=O)C2CC2)cc1Nc1ccc2cnn(CC(C)(F)F)c2c1OC. The molecule has 0 aliphatic heterocycles. The number of anilines is 3. The standard InChI is InChI=1S/C22H24F2N6O3/c1-22(23,24)11-30-18-13(9-27-30)6-7-15(19(18)33-3)28-16-8-17(29-20(31)12-4-5-12)26-10-14(16)21(32)25-2/h6-10,12H,4-5,11H2,1-3H3,(H,25,32)(H2,26,28,29,31)/i2D3. The van der Waals surface area contributed by atoms with Crippen LogP contribution >= 0.6 is 0 Å². The van der Waals surface area contributed by atoms with E-state index in [1.165, 1.54) is 19.4 Å². The highest BCUT2D eigenvalue weighted by Crippen LogP contribution is 2.37. The van der Waals surface area contributed by atoms with Crippen molar-refractivity contribution in [1.29, 1.82) is 0 Å². The number of aromatic nitrogens is 3. The van der Waals surface area contributed by atoms with Gasteiger partial charge in [-0.15, -0.1) is 0 Å². The van der Waals surface area contributed by atoms with Gasteiger partial charge in [0.2, 0.25) is 5.91 Å². The fourth-order valence-corrected chi connectivity index (χ4v) is 3.43. The zero-order valence-electron chi connectivity index (χ0n) is 20.9. The molecule has 2 aromatic heterocycles. The van der Waals surface area contributed by atoms with E-state index in [4.69, 9.17) is 8.85 Å². The number of hydrogen-bond donors (Lipinski definition) is 3. The maximum absolute atomic E-state index is 13.7. The van der Waals surface area contributed by atoms with Crippen molar-refractivity contribution in [2.75, 3.05) is 24.7 Å². The Morgan fingerprint density at radius 1 is 1.30 bits per heavy atom. The zero-order valence-corrected chi connectivity index (χ0v) is 17.9. The molecule has 33 heavy (non-hydrogen) atoms. The molecule has 3 N–H and O–H groups in total. The summed E-state index contributed by atoms with van der Waals surface area (Å²) >= 11 is 0. The molecule has 2 amide bonds. The number of hydrogen-bond acceptors (Lipinski definition) is 6. The second-order valence-electron chi connectivity index (χ2n) is 7.91. The molecule has 1 fully saturated rings. The first-order chi connectivity index (χ1) is 16.8. The van der Waals surface area contributed by atoms with Crippen LogP contribution in [0.15, 0.2) is 30.6 Å². The van der Waals surface area contributed by atoms with E-state index in [0.29, 0.717) is 16.6 Å². The summed E-state index contributed by atoms with van der Waals surface area (Å²) in [6.45, 7) is -2.66. The largest absolute Gasteiger partial charge is 0.492 e. The molecule has 0 bridgehead atoms. The third kappa shape index (κ3) is 4.86. The number of alkyl halides is 2. The molecular formula is C22H24F2N6O3. The van der Waals surface area contributed by atoms with Crippen molar-refractivity contribution in [3.63, 3.8) is 0 Å². The van der Waals surface area contributed by atoms with Crippen molar-refractivity contribution in [2.45, 2.75) is 32.2 Å². The predicted octanol–water partition coefficient (Wildman–Crippen LogP) is 3.55. The second-order valence-corrected chi connectivity index (χ2v) is 7.91. The van der Waals surface area contributed by atoms with Crippen molar-refractivity contribution in [3.05, 3.63) is 36.2 Å². The number of carbonyl (C=O) groups is 2. The maximum atomic E-state index is 13.7. The van der Waals surface area contributed by atoms with Crippen molar-refractivity contribution < 1.29 is 27.2 Å². The molecule has 1 aromatic carbocycles. The summed E-state index contributed by atoms with van der Waals surface area (Å²) in [4.78, 5) is 29.0. The average molecular weight is 461 g/mol. The van der Waals surface area contributed by atoms with Crippen molar-refractivity contribution in [3.8, 4) is 5.75 Å². The van der Waals surface area contributed by atoms with Crippen LogP contribution in [0.3, 0.4) is 0 Å². The molecule has 174 valence electrons. The van der Waals surface area contributed by atoms with Gasteiger partial charge in [0.15, 0.2) is 5.75 Å². The van der Waals surface area contributed by atoms with Gasteiger partial charge in [-0.2, -0.15) is 5.10 Å². The number of carbonyl (C=O) groups excluding carboxylic acids is 2. The molecule has 1 aliphatic carbocycles. The third-order valence-corrected chi connectivity index (χ3v) is 5.12. The van der Waals surface area contributed by atoms with Crippen LogP contribution in [0.5, 0.6) is 5.75 Å². The lowest BCUT2D eigenvalue weighted by molar-refractivity contribution is -0.117. The van der Waals surface area contributed by atoms with Crippen LogP contribution in [-0.4, -0.2) is 46.6 Å². The lowest BCUT2D eigenvalue weighted by Crippen LogP contribution is -2.21. The number of benzene rings is 1. The van der Waals surface area contributed by atoms with Crippen molar-refractivity contribution >= 4 is 39.9 Å². The van der Waals surface area contributed by atoms with Crippen LogP contribution in [-0.2, 0) is 11.3 Å². The minimum atomic E-state index is -3.03. The summed E-state index contributed by atoms with van der Waals surface area (Å²) in [5.74, 6) is -3.95. The smallest absolute Gasteiger partial charge is 0.264 e. The Balaban J connectivity index is 1.75. The van der Waals surface area contributed by atoms with E-state index in [1.807, 2.05) is 5.32 Å². The van der Waals surface area contributed by atoms with Crippen molar-refractivity contribution in [2.24, 2.45) is 5.92 Å². The van der Waals surface area contributed by atoms with Crippen LogP contribution in [0.25, 0.3) is 10.9 Å². The molecule has 1 saturated carbocycles. The van der Waals surface area contributed by atoms with Gasteiger partial charge in [0.05, 0.1) is 30.2 Å². The van der Waals surface area contributed by atoms with Gasteiger partial charge in [-0.1, -0.05) is 0 Å².